The summed E-state index contributed by atoms with van der Waals surface area (Å²) in [5.74, 6) is -1.50. The number of halogens is 2. The van der Waals surface area contributed by atoms with Crippen LogP contribution in [0.2, 0.25) is 0 Å². The van der Waals surface area contributed by atoms with Gasteiger partial charge < -0.3 is 4.74 Å². The maximum absolute atomic E-state index is 13.1. The van der Waals surface area contributed by atoms with Crippen molar-refractivity contribution in [3.63, 3.8) is 0 Å². The van der Waals surface area contributed by atoms with Gasteiger partial charge in [-0.2, -0.15) is 0 Å². The Bertz CT molecular complexity index is 387. The number of hydrogen-bond acceptors (Lipinski definition) is 3. The number of rotatable bonds is 3. The third kappa shape index (κ3) is 2.14. The number of benzene rings is 1. The molecule has 0 saturated carbocycles. The Morgan fingerprint density at radius 3 is 2.79 bits per heavy atom. The molecule has 0 radical (unpaired) electrons. The second-order valence-electron chi connectivity index (χ2n) is 2.48. The van der Waals surface area contributed by atoms with Gasteiger partial charge in [-0.3, -0.25) is 0 Å². The maximum atomic E-state index is 13.1. The lowest BCUT2D eigenvalue weighted by molar-refractivity contribution is 0.400. The van der Waals surface area contributed by atoms with E-state index in [1.807, 2.05) is 0 Å². The summed E-state index contributed by atoms with van der Waals surface area (Å²) in [6, 6.07) is 1.73. The van der Waals surface area contributed by atoms with Gasteiger partial charge in [0.2, 0.25) is 6.08 Å². The highest BCUT2D eigenvalue weighted by atomic mass is 19.1. The fourth-order valence-corrected chi connectivity index (χ4v) is 1.03. The van der Waals surface area contributed by atoms with Crippen LogP contribution in [0.4, 0.5) is 8.78 Å². The molecule has 5 heteroatoms. The lowest BCUT2D eigenvalue weighted by Crippen LogP contribution is -1.96. The zero-order valence-corrected chi connectivity index (χ0v) is 7.38. The predicted octanol–water partition coefficient (Wildman–Crippen LogP) is 1.81. The molecule has 1 aromatic carbocycles. The molecule has 3 nitrogen and oxygen atoms in total. The molecule has 1 rings (SSSR count). The molecule has 0 aliphatic carbocycles. The van der Waals surface area contributed by atoms with Crippen molar-refractivity contribution in [3.8, 4) is 5.75 Å². The molecule has 0 saturated heterocycles. The molecule has 0 aliphatic heterocycles. The largest absolute Gasteiger partial charge is 0.496 e. The van der Waals surface area contributed by atoms with Gasteiger partial charge in [0.25, 0.3) is 0 Å². The lowest BCUT2D eigenvalue weighted by Gasteiger charge is -2.06. The highest BCUT2D eigenvalue weighted by Crippen LogP contribution is 2.23. The van der Waals surface area contributed by atoms with Crippen LogP contribution in [0.1, 0.15) is 5.56 Å². The van der Waals surface area contributed by atoms with Crippen molar-refractivity contribution in [2.75, 3.05) is 7.11 Å². The summed E-state index contributed by atoms with van der Waals surface area (Å²) in [5.41, 5.74) is 0.0391. The number of hydrogen-bond donors (Lipinski definition) is 0. The maximum Gasteiger partial charge on any atom is 0.235 e. The molecule has 0 spiro atoms. The summed E-state index contributed by atoms with van der Waals surface area (Å²) in [6.07, 6.45) is 1.27. The van der Waals surface area contributed by atoms with Gasteiger partial charge in [0, 0.05) is 12.1 Å². The normalized spacial score (nSPS) is 9.36. The minimum Gasteiger partial charge on any atom is -0.496 e. The summed E-state index contributed by atoms with van der Waals surface area (Å²) in [6.45, 7) is -0.210. The molecule has 74 valence electrons. The van der Waals surface area contributed by atoms with Crippen molar-refractivity contribution < 1.29 is 18.3 Å². The summed E-state index contributed by atoms with van der Waals surface area (Å²) in [4.78, 5) is 13.0. The van der Waals surface area contributed by atoms with Crippen molar-refractivity contribution in [2.24, 2.45) is 4.99 Å². The van der Waals surface area contributed by atoms with E-state index in [2.05, 4.69) is 4.99 Å². The van der Waals surface area contributed by atoms with Gasteiger partial charge in [0.05, 0.1) is 19.2 Å². The minimum atomic E-state index is -0.791. The Labute approximate surface area is 79.0 Å². The molecule has 0 aliphatic rings. The minimum absolute atomic E-state index is 0.0292. The van der Waals surface area contributed by atoms with Crippen LogP contribution in [0.3, 0.4) is 0 Å². The molecule has 0 N–H and O–H groups in total. The number of methoxy groups -OCH3 is 1. The first-order valence-electron chi connectivity index (χ1n) is 3.74. The topological polar surface area (TPSA) is 38.7 Å². The van der Waals surface area contributed by atoms with Crippen LogP contribution >= 0.6 is 0 Å². The van der Waals surface area contributed by atoms with Crippen LogP contribution in [0.5, 0.6) is 5.75 Å². The molecule has 0 unspecified atom stereocenters. The van der Waals surface area contributed by atoms with Crippen molar-refractivity contribution in [2.45, 2.75) is 6.54 Å². The Balaban J connectivity index is 3.17. The van der Waals surface area contributed by atoms with E-state index >= 15 is 0 Å². The molecular weight excluding hydrogens is 192 g/mol. The van der Waals surface area contributed by atoms with Crippen LogP contribution in [0.25, 0.3) is 0 Å². The standard InChI is InChI=1S/C9H7F2NO2/c1-14-9-3-6(10)2-8(11)7(9)4-12-5-13/h2-3H,4H2,1H3. The number of nitrogens with zero attached hydrogens (tertiary/aromatic N) is 1. The van der Waals surface area contributed by atoms with E-state index in [4.69, 9.17) is 4.74 Å². The van der Waals surface area contributed by atoms with Crippen molar-refractivity contribution in [3.05, 3.63) is 29.3 Å². The van der Waals surface area contributed by atoms with Gasteiger partial charge in [0.15, 0.2) is 0 Å². The molecule has 0 fully saturated rings. The fraction of sp³-hybridized carbons (Fsp3) is 0.222. The van der Waals surface area contributed by atoms with Crippen LogP contribution in [0, 0.1) is 11.6 Å². The Morgan fingerprint density at radius 1 is 1.50 bits per heavy atom. The smallest absolute Gasteiger partial charge is 0.235 e. The predicted molar refractivity (Wildman–Crippen MR) is 44.7 cm³/mol. The number of aliphatic imine (C=N–C) groups is 1. The van der Waals surface area contributed by atoms with E-state index in [-0.39, 0.29) is 17.9 Å². The Kier molecular flexibility index (Phi) is 3.31. The van der Waals surface area contributed by atoms with Gasteiger partial charge in [0.1, 0.15) is 17.4 Å². The summed E-state index contributed by atoms with van der Waals surface area (Å²) in [5, 5.41) is 0. The highest BCUT2D eigenvalue weighted by molar-refractivity contribution is 5.38. The molecular formula is C9H7F2NO2. The number of carbonyl (C=O) groups excluding carboxylic acids is 1. The van der Waals surface area contributed by atoms with Crippen molar-refractivity contribution in [1.29, 1.82) is 0 Å². The highest BCUT2D eigenvalue weighted by Gasteiger charge is 2.11. The van der Waals surface area contributed by atoms with E-state index in [1.54, 1.807) is 0 Å². The van der Waals surface area contributed by atoms with Gasteiger partial charge in [-0.05, 0) is 0 Å². The van der Waals surface area contributed by atoms with E-state index in [0.29, 0.717) is 6.07 Å². The quantitative estimate of drug-likeness (QED) is 0.550. The van der Waals surface area contributed by atoms with Crippen LogP contribution in [0.15, 0.2) is 17.1 Å². The van der Waals surface area contributed by atoms with E-state index < -0.39 is 11.6 Å². The van der Waals surface area contributed by atoms with Gasteiger partial charge >= 0.3 is 0 Å². The lowest BCUT2D eigenvalue weighted by atomic mass is 10.2. The SMILES string of the molecule is COc1cc(F)cc(F)c1CN=C=O. The first kappa shape index (κ1) is 10.3. The molecule has 0 atom stereocenters. The van der Waals surface area contributed by atoms with Gasteiger partial charge in [-0.15, -0.1) is 0 Å². The van der Waals surface area contributed by atoms with Crippen LogP contribution in [-0.2, 0) is 11.3 Å². The second kappa shape index (κ2) is 4.48. The Morgan fingerprint density at radius 2 is 2.21 bits per heavy atom. The molecule has 0 bridgehead atoms. The monoisotopic (exact) mass is 199 g/mol. The number of ether oxygens (including phenoxy) is 1. The molecule has 0 amide bonds. The molecule has 1 aromatic rings. The third-order valence-corrected chi connectivity index (χ3v) is 1.64. The summed E-state index contributed by atoms with van der Waals surface area (Å²) in [7, 11) is 1.28. The summed E-state index contributed by atoms with van der Waals surface area (Å²) >= 11 is 0. The van der Waals surface area contributed by atoms with Crippen molar-refractivity contribution >= 4 is 6.08 Å². The second-order valence-corrected chi connectivity index (χ2v) is 2.48. The van der Waals surface area contributed by atoms with E-state index in [0.717, 1.165) is 6.07 Å². The number of isocyanates is 1. The van der Waals surface area contributed by atoms with E-state index in [1.165, 1.54) is 13.2 Å². The first-order chi connectivity index (χ1) is 6.69. The van der Waals surface area contributed by atoms with E-state index in [9.17, 15) is 13.6 Å². The summed E-state index contributed by atoms with van der Waals surface area (Å²) < 4.78 is 30.5. The third-order valence-electron chi connectivity index (χ3n) is 1.64. The average Bonchev–Trinajstić information content (AvgIpc) is 2.15. The Hall–Kier alpha value is -1.74. The van der Waals surface area contributed by atoms with Crippen LogP contribution < -0.4 is 4.74 Å². The molecule has 0 aromatic heterocycles. The fourth-order valence-electron chi connectivity index (χ4n) is 1.03. The van der Waals surface area contributed by atoms with Gasteiger partial charge in [-0.1, -0.05) is 0 Å². The molecule has 0 heterocycles. The van der Waals surface area contributed by atoms with Crippen molar-refractivity contribution in [1.82, 2.24) is 0 Å². The first-order valence-corrected chi connectivity index (χ1v) is 3.74. The van der Waals surface area contributed by atoms with Gasteiger partial charge in [-0.25, -0.2) is 18.6 Å². The zero-order chi connectivity index (χ0) is 10.6. The van der Waals surface area contributed by atoms with Crippen LogP contribution in [-0.4, -0.2) is 13.2 Å². The molecule has 14 heavy (non-hydrogen) atoms. The average molecular weight is 199 g/mol. The zero-order valence-electron chi connectivity index (χ0n) is 7.38.